The van der Waals surface area contributed by atoms with Gasteiger partial charge in [0.1, 0.15) is 19.0 Å². The zero-order valence-corrected chi connectivity index (χ0v) is 18.0. The minimum atomic E-state index is -0.343. The second-order valence-corrected chi connectivity index (χ2v) is 7.80. The number of ether oxygens (including phenoxy) is 4. The van der Waals surface area contributed by atoms with Crippen molar-refractivity contribution in [2.75, 3.05) is 51.4 Å². The third-order valence-corrected chi connectivity index (χ3v) is 5.56. The van der Waals surface area contributed by atoms with Gasteiger partial charge in [-0.1, -0.05) is 24.3 Å². The highest BCUT2D eigenvalue weighted by Gasteiger charge is 2.23. The van der Waals surface area contributed by atoms with Gasteiger partial charge < -0.3 is 29.2 Å². The van der Waals surface area contributed by atoms with E-state index in [4.69, 9.17) is 18.9 Å². The Morgan fingerprint density at radius 3 is 2.39 bits per heavy atom. The maximum Gasteiger partial charge on any atom is 0.262 e. The van der Waals surface area contributed by atoms with Crippen molar-refractivity contribution >= 4 is 28.3 Å². The van der Waals surface area contributed by atoms with Gasteiger partial charge in [0.2, 0.25) is 0 Å². The average molecular weight is 448 g/mol. The molecule has 1 saturated heterocycles. The first kappa shape index (κ1) is 21.1. The SMILES string of the molecule is O=C(COc1cc2ccccc2cc1C(=O)N1CCOCC1)Nc1ccc2c(c1)OCCO2. The maximum atomic E-state index is 13.2. The summed E-state index contributed by atoms with van der Waals surface area (Å²) in [5.41, 5.74) is 1.01. The van der Waals surface area contributed by atoms with E-state index in [0.717, 1.165) is 10.8 Å². The van der Waals surface area contributed by atoms with Crippen molar-refractivity contribution in [3.05, 3.63) is 60.2 Å². The Bertz CT molecular complexity index is 1190. The number of nitrogens with one attached hydrogen (secondary N) is 1. The smallest absolute Gasteiger partial charge is 0.262 e. The van der Waals surface area contributed by atoms with E-state index >= 15 is 0 Å². The molecule has 0 aromatic heterocycles. The lowest BCUT2D eigenvalue weighted by Gasteiger charge is -2.27. The second-order valence-electron chi connectivity index (χ2n) is 7.80. The normalized spacial score (nSPS) is 15.2. The Hall–Kier alpha value is -3.78. The molecule has 0 aliphatic carbocycles. The Kier molecular flexibility index (Phi) is 5.99. The molecular formula is C25H24N2O6. The highest BCUT2D eigenvalue weighted by Crippen LogP contribution is 2.32. The molecule has 1 N–H and O–H groups in total. The van der Waals surface area contributed by atoms with Gasteiger partial charge in [-0.3, -0.25) is 9.59 Å². The van der Waals surface area contributed by atoms with Crippen LogP contribution in [-0.4, -0.2) is 62.8 Å². The van der Waals surface area contributed by atoms with Crippen molar-refractivity contribution in [2.24, 2.45) is 0 Å². The summed E-state index contributed by atoms with van der Waals surface area (Å²) in [6, 6.07) is 16.6. The van der Waals surface area contributed by atoms with Crippen LogP contribution >= 0.6 is 0 Å². The summed E-state index contributed by atoms with van der Waals surface area (Å²) >= 11 is 0. The van der Waals surface area contributed by atoms with E-state index in [-0.39, 0.29) is 18.4 Å². The molecule has 3 aromatic rings. The van der Waals surface area contributed by atoms with E-state index in [9.17, 15) is 9.59 Å². The zero-order valence-electron chi connectivity index (χ0n) is 18.0. The van der Waals surface area contributed by atoms with Crippen molar-refractivity contribution in [2.45, 2.75) is 0 Å². The van der Waals surface area contributed by atoms with Crippen LogP contribution in [0.15, 0.2) is 54.6 Å². The second kappa shape index (κ2) is 9.38. The van der Waals surface area contributed by atoms with E-state index in [1.54, 1.807) is 29.2 Å². The van der Waals surface area contributed by atoms with Gasteiger partial charge in [0.25, 0.3) is 11.8 Å². The van der Waals surface area contributed by atoms with Gasteiger partial charge in [0.05, 0.1) is 18.8 Å². The molecule has 0 unspecified atom stereocenters. The molecule has 0 bridgehead atoms. The quantitative estimate of drug-likeness (QED) is 0.646. The first-order valence-electron chi connectivity index (χ1n) is 10.9. The summed E-state index contributed by atoms with van der Waals surface area (Å²) in [5.74, 6) is 1.14. The molecule has 3 aromatic carbocycles. The molecule has 0 spiro atoms. The topological polar surface area (TPSA) is 86.3 Å². The van der Waals surface area contributed by atoms with Crippen molar-refractivity contribution < 1.29 is 28.5 Å². The number of amides is 2. The summed E-state index contributed by atoms with van der Waals surface area (Å²) in [6.07, 6.45) is 0. The van der Waals surface area contributed by atoms with E-state index < -0.39 is 0 Å². The molecule has 8 nitrogen and oxygen atoms in total. The number of hydrogen-bond donors (Lipinski definition) is 1. The Labute approximate surface area is 191 Å². The average Bonchev–Trinajstić information content (AvgIpc) is 2.87. The molecule has 0 radical (unpaired) electrons. The lowest BCUT2D eigenvalue weighted by atomic mass is 10.0. The first-order chi connectivity index (χ1) is 16.2. The standard InChI is InChI=1S/C25H24N2O6/c28-24(26-19-5-6-21-23(15-19)32-12-11-31-21)16-33-22-14-18-4-2-1-3-17(18)13-20(22)25(29)27-7-9-30-10-8-27/h1-6,13-15H,7-12,16H2,(H,26,28). The predicted octanol–water partition coefficient (Wildman–Crippen LogP) is 3.10. The molecule has 2 aliphatic heterocycles. The minimum Gasteiger partial charge on any atom is -0.486 e. The molecular weight excluding hydrogens is 424 g/mol. The molecule has 2 heterocycles. The lowest BCUT2D eigenvalue weighted by Crippen LogP contribution is -2.40. The van der Waals surface area contributed by atoms with Crippen LogP contribution in [0.25, 0.3) is 10.8 Å². The number of benzene rings is 3. The Morgan fingerprint density at radius 2 is 1.61 bits per heavy atom. The third kappa shape index (κ3) is 4.70. The summed E-state index contributed by atoms with van der Waals surface area (Å²) in [4.78, 5) is 27.5. The summed E-state index contributed by atoms with van der Waals surface area (Å²) < 4.78 is 22.3. The summed E-state index contributed by atoms with van der Waals surface area (Å²) in [7, 11) is 0. The van der Waals surface area contributed by atoms with Crippen LogP contribution in [-0.2, 0) is 9.53 Å². The van der Waals surface area contributed by atoms with Crippen LogP contribution < -0.4 is 19.5 Å². The predicted molar refractivity (Wildman–Crippen MR) is 122 cm³/mol. The van der Waals surface area contributed by atoms with Gasteiger partial charge in [-0.15, -0.1) is 0 Å². The Balaban J connectivity index is 1.33. The van der Waals surface area contributed by atoms with E-state index in [2.05, 4.69) is 5.32 Å². The summed E-state index contributed by atoms with van der Waals surface area (Å²) in [5, 5.41) is 4.66. The number of fused-ring (bicyclic) bond motifs is 2. The number of anilines is 1. The van der Waals surface area contributed by atoms with E-state index in [0.29, 0.717) is 68.0 Å². The fourth-order valence-electron chi connectivity index (χ4n) is 3.90. The first-order valence-corrected chi connectivity index (χ1v) is 10.9. The lowest BCUT2D eigenvalue weighted by molar-refractivity contribution is -0.118. The van der Waals surface area contributed by atoms with Gasteiger partial charge in [0.15, 0.2) is 18.1 Å². The van der Waals surface area contributed by atoms with Gasteiger partial charge in [-0.2, -0.15) is 0 Å². The van der Waals surface area contributed by atoms with Crippen molar-refractivity contribution in [1.82, 2.24) is 4.90 Å². The maximum absolute atomic E-state index is 13.2. The van der Waals surface area contributed by atoms with Crippen LogP contribution in [0, 0.1) is 0 Å². The van der Waals surface area contributed by atoms with E-state index in [1.165, 1.54) is 0 Å². The van der Waals surface area contributed by atoms with Gasteiger partial charge in [0, 0.05) is 24.8 Å². The van der Waals surface area contributed by atoms with Crippen LogP contribution in [0.1, 0.15) is 10.4 Å². The number of morpholine rings is 1. The Morgan fingerprint density at radius 1 is 0.879 bits per heavy atom. The molecule has 0 atom stereocenters. The number of carbonyl (C=O) groups is 2. The zero-order chi connectivity index (χ0) is 22.6. The van der Waals surface area contributed by atoms with Crippen molar-refractivity contribution in [1.29, 1.82) is 0 Å². The fraction of sp³-hybridized carbons (Fsp3) is 0.280. The van der Waals surface area contributed by atoms with Crippen LogP contribution in [0.2, 0.25) is 0 Å². The molecule has 5 rings (SSSR count). The van der Waals surface area contributed by atoms with Crippen molar-refractivity contribution in [3.63, 3.8) is 0 Å². The monoisotopic (exact) mass is 448 g/mol. The van der Waals surface area contributed by atoms with Gasteiger partial charge >= 0.3 is 0 Å². The van der Waals surface area contributed by atoms with Crippen molar-refractivity contribution in [3.8, 4) is 17.2 Å². The number of carbonyl (C=O) groups excluding carboxylic acids is 2. The third-order valence-electron chi connectivity index (χ3n) is 5.56. The number of hydrogen-bond acceptors (Lipinski definition) is 6. The minimum absolute atomic E-state index is 0.133. The fourth-order valence-corrected chi connectivity index (χ4v) is 3.90. The number of nitrogens with zero attached hydrogens (tertiary/aromatic N) is 1. The van der Waals surface area contributed by atoms with Gasteiger partial charge in [-0.25, -0.2) is 0 Å². The summed E-state index contributed by atoms with van der Waals surface area (Å²) in [6.45, 7) is 2.79. The highest BCUT2D eigenvalue weighted by molar-refractivity contribution is 6.02. The van der Waals surface area contributed by atoms with Gasteiger partial charge in [-0.05, 0) is 35.0 Å². The number of rotatable bonds is 5. The molecule has 1 fully saturated rings. The van der Waals surface area contributed by atoms with Crippen LogP contribution in [0.4, 0.5) is 5.69 Å². The molecule has 8 heteroatoms. The molecule has 33 heavy (non-hydrogen) atoms. The molecule has 2 amide bonds. The highest BCUT2D eigenvalue weighted by atomic mass is 16.6. The van der Waals surface area contributed by atoms with E-state index in [1.807, 2.05) is 30.3 Å². The van der Waals surface area contributed by atoms with Crippen LogP contribution in [0.3, 0.4) is 0 Å². The molecule has 170 valence electrons. The molecule has 0 saturated carbocycles. The van der Waals surface area contributed by atoms with Crippen LogP contribution in [0.5, 0.6) is 17.2 Å². The largest absolute Gasteiger partial charge is 0.486 e. The molecule has 2 aliphatic rings.